The zero-order valence-electron chi connectivity index (χ0n) is 14.1. The first-order chi connectivity index (χ1) is 10.4. The average Bonchev–Trinajstić information content (AvgIpc) is 2.45. The molecule has 4 heteroatoms. The molecule has 0 fully saturated rings. The number of nitrogens with one attached hydrogen (secondary N) is 2. The summed E-state index contributed by atoms with van der Waals surface area (Å²) in [6.07, 6.45) is 4.59. The molecule has 1 rings (SSSR count). The largest absolute Gasteiger partial charge is 0.444 e. The summed E-state index contributed by atoms with van der Waals surface area (Å²) in [5.74, 6) is 0. The van der Waals surface area contributed by atoms with Crippen molar-refractivity contribution in [3.8, 4) is 0 Å². The topological polar surface area (TPSA) is 50.4 Å². The molecular formula is C18H28N2O2. The Hall–Kier alpha value is -1.81. The summed E-state index contributed by atoms with van der Waals surface area (Å²) in [7, 11) is 0. The van der Waals surface area contributed by atoms with E-state index in [9.17, 15) is 4.79 Å². The van der Waals surface area contributed by atoms with Gasteiger partial charge in [0.25, 0.3) is 0 Å². The van der Waals surface area contributed by atoms with Gasteiger partial charge in [-0.1, -0.05) is 43.3 Å². The van der Waals surface area contributed by atoms with E-state index in [0.29, 0.717) is 6.54 Å². The van der Waals surface area contributed by atoms with Crippen molar-refractivity contribution < 1.29 is 9.53 Å². The number of amides is 1. The molecule has 0 aliphatic heterocycles. The summed E-state index contributed by atoms with van der Waals surface area (Å²) < 4.78 is 5.14. The first-order valence-corrected chi connectivity index (χ1v) is 7.81. The van der Waals surface area contributed by atoms with Crippen molar-refractivity contribution in [1.82, 2.24) is 10.6 Å². The number of carbonyl (C=O) groups excluding carboxylic acids is 1. The van der Waals surface area contributed by atoms with Crippen molar-refractivity contribution in [2.75, 3.05) is 13.1 Å². The molecule has 1 aromatic carbocycles. The highest BCUT2D eigenvalue weighted by Crippen LogP contribution is 2.06. The second kappa shape index (κ2) is 9.26. The van der Waals surface area contributed by atoms with Crippen molar-refractivity contribution in [1.29, 1.82) is 0 Å². The number of hydrogen-bond acceptors (Lipinski definition) is 3. The molecule has 22 heavy (non-hydrogen) atoms. The van der Waals surface area contributed by atoms with Crippen LogP contribution >= 0.6 is 0 Å². The molecule has 0 aromatic heterocycles. The summed E-state index contributed by atoms with van der Waals surface area (Å²) in [6, 6.07) is 8.63. The van der Waals surface area contributed by atoms with E-state index in [1.54, 1.807) is 0 Å². The Morgan fingerprint density at radius 2 is 1.68 bits per heavy atom. The van der Waals surface area contributed by atoms with Gasteiger partial charge in [0, 0.05) is 19.6 Å². The molecule has 2 N–H and O–H groups in total. The second-order valence-electron chi connectivity index (χ2n) is 6.16. The first-order valence-electron chi connectivity index (χ1n) is 7.81. The molecule has 1 amide bonds. The molecule has 4 nitrogen and oxygen atoms in total. The quantitative estimate of drug-likeness (QED) is 0.599. The van der Waals surface area contributed by atoms with Crippen LogP contribution in [0.4, 0.5) is 4.79 Å². The Kier molecular flexibility index (Phi) is 7.67. The number of benzene rings is 1. The molecule has 0 atom stereocenters. The number of aryl methyl sites for hydroxylation is 1. The Morgan fingerprint density at radius 1 is 1.09 bits per heavy atom. The van der Waals surface area contributed by atoms with Gasteiger partial charge in [-0.2, -0.15) is 0 Å². The maximum Gasteiger partial charge on any atom is 0.407 e. The molecule has 122 valence electrons. The van der Waals surface area contributed by atoms with E-state index in [4.69, 9.17) is 4.74 Å². The van der Waals surface area contributed by atoms with Gasteiger partial charge >= 0.3 is 6.09 Å². The molecule has 0 radical (unpaired) electrons. The lowest BCUT2D eigenvalue weighted by Crippen LogP contribution is -2.32. The molecule has 0 spiro atoms. The normalized spacial score (nSPS) is 11.6. The predicted molar refractivity (Wildman–Crippen MR) is 90.9 cm³/mol. The van der Waals surface area contributed by atoms with E-state index >= 15 is 0 Å². The fraction of sp³-hybridized carbons (Fsp3) is 0.500. The van der Waals surface area contributed by atoms with Crippen LogP contribution in [-0.4, -0.2) is 24.8 Å². The van der Waals surface area contributed by atoms with Crippen molar-refractivity contribution in [3.63, 3.8) is 0 Å². The molecule has 0 aliphatic rings. The van der Waals surface area contributed by atoms with Crippen LogP contribution in [0, 0.1) is 0 Å². The third-order valence-corrected chi connectivity index (χ3v) is 2.95. The molecule has 1 aromatic rings. The van der Waals surface area contributed by atoms with Gasteiger partial charge in [-0.3, -0.25) is 0 Å². The summed E-state index contributed by atoms with van der Waals surface area (Å²) in [4.78, 5) is 11.4. The third-order valence-electron chi connectivity index (χ3n) is 2.95. The minimum absolute atomic E-state index is 0.388. The summed E-state index contributed by atoms with van der Waals surface area (Å²) in [5.41, 5.74) is 2.18. The van der Waals surface area contributed by atoms with Crippen LogP contribution in [0.3, 0.4) is 0 Å². The van der Waals surface area contributed by atoms with Crippen molar-refractivity contribution in [2.24, 2.45) is 0 Å². The highest BCUT2D eigenvalue weighted by atomic mass is 16.6. The number of alkyl carbamates (subject to hydrolysis) is 1. The Morgan fingerprint density at radius 3 is 2.27 bits per heavy atom. The minimum Gasteiger partial charge on any atom is -0.444 e. The van der Waals surface area contributed by atoms with Gasteiger partial charge in [-0.15, -0.1) is 0 Å². The fourth-order valence-electron chi connectivity index (χ4n) is 1.82. The molecular weight excluding hydrogens is 276 g/mol. The SMILES string of the molecule is CCc1ccc(CNC/C=C/CNC(=O)OC(C)(C)C)cc1. The second-order valence-corrected chi connectivity index (χ2v) is 6.16. The lowest BCUT2D eigenvalue weighted by Gasteiger charge is -2.19. The fourth-order valence-corrected chi connectivity index (χ4v) is 1.82. The summed E-state index contributed by atoms with van der Waals surface area (Å²) in [5, 5.41) is 6.02. The number of carbonyl (C=O) groups is 1. The van der Waals surface area contributed by atoms with Gasteiger partial charge in [0.1, 0.15) is 5.60 Å². The molecule has 0 heterocycles. The lowest BCUT2D eigenvalue weighted by molar-refractivity contribution is 0.0534. The summed E-state index contributed by atoms with van der Waals surface area (Å²) in [6.45, 7) is 9.78. The Bertz CT molecular complexity index is 473. The molecule has 0 saturated heterocycles. The standard InChI is InChI=1S/C18H28N2O2/c1-5-15-8-10-16(11-9-15)14-19-12-6-7-13-20-17(21)22-18(2,3)4/h6-11,19H,5,12-14H2,1-4H3,(H,20,21)/b7-6+. The van der Waals surface area contributed by atoms with E-state index in [0.717, 1.165) is 19.5 Å². The average molecular weight is 304 g/mol. The van der Waals surface area contributed by atoms with E-state index in [1.165, 1.54) is 11.1 Å². The number of rotatable bonds is 7. The van der Waals surface area contributed by atoms with E-state index in [-0.39, 0.29) is 6.09 Å². The van der Waals surface area contributed by atoms with Crippen molar-refractivity contribution in [2.45, 2.75) is 46.3 Å². The van der Waals surface area contributed by atoms with Crippen molar-refractivity contribution in [3.05, 3.63) is 47.5 Å². The Labute approximate surface area is 133 Å². The predicted octanol–water partition coefficient (Wildman–Crippen LogP) is 3.42. The first kappa shape index (κ1) is 18.2. The lowest BCUT2D eigenvalue weighted by atomic mass is 10.1. The Balaban J connectivity index is 2.12. The zero-order valence-corrected chi connectivity index (χ0v) is 14.1. The smallest absolute Gasteiger partial charge is 0.407 e. The number of ether oxygens (including phenoxy) is 1. The van der Waals surface area contributed by atoms with Gasteiger partial charge in [0.05, 0.1) is 0 Å². The van der Waals surface area contributed by atoms with Gasteiger partial charge in [-0.25, -0.2) is 4.79 Å². The minimum atomic E-state index is -0.456. The van der Waals surface area contributed by atoms with E-state index in [1.807, 2.05) is 32.9 Å². The highest BCUT2D eigenvalue weighted by molar-refractivity contribution is 5.67. The zero-order chi connectivity index (χ0) is 16.4. The van der Waals surface area contributed by atoms with Crippen LogP contribution in [0.5, 0.6) is 0 Å². The maximum atomic E-state index is 11.4. The monoisotopic (exact) mass is 304 g/mol. The highest BCUT2D eigenvalue weighted by Gasteiger charge is 2.14. The molecule has 0 bridgehead atoms. The van der Waals surface area contributed by atoms with Gasteiger partial charge in [0.15, 0.2) is 0 Å². The van der Waals surface area contributed by atoms with Gasteiger partial charge < -0.3 is 15.4 Å². The summed E-state index contributed by atoms with van der Waals surface area (Å²) >= 11 is 0. The van der Waals surface area contributed by atoms with Crippen LogP contribution in [0.15, 0.2) is 36.4 Å². The number of hydrogen-bond donors (Lipinski definition) is 2. The third kappa shape index (κ3) is 8.47. The van der Waals surface area contributed by atoms with Gasteiger partial charge in [-0.05, 0) is 38.3 Å². The van der Waals surface area contributed by atoms with Gasteiger partial charge in [0.2, 0.25) is 0 Å². The molecule has 0 unspecified atom stereocenters. The molecule has 0 saturated carbocycles. The van der Waals surface area contributed by atoms with Crippen LogP contribution in [-0.2, 0) is 17.7 Å². The van der Waals surface area contributed by atoms with E-state index in [2.05, 4.69) is 41.8 Å². The van der Waals surface area contributed by atoms with Crippen molar-refractivity contribution >= 4 is 6.09 Å². The van der Waals surface area contributed by atoms with Crippen LogP contribution < -0.4 is 10.6 Å². The van der Waals surface area contributed by atoms with Crippen LogP contribution in [0.2, 0.25) is 0 Å². The van der Waals surface area contributed by atoms with Crippen LogP contribution in [0.1, 0.15) is 38.8 Å². The maximum absolute atomic E-state index is 11.4. The molecule has 0 aliphatic carbocycles. The van der Waals surface area contributed by atoms with E-state index < -0.39 is 5.60 Å². The van der Waals surface area contributed by atoms with Crippen LogP contribution in [0.25, 0.3) is 0 Å².